The van der Waals surface area contributed by atoms with Gasteiger partial charge in [-0.15, -0.1) is 12.8 Å². The fourth-order valence-corrected chi connectivity index (χ4v) is 0.289. The first-order valence-corrected chi connectivity index (χ1v) is 2.65. The normalized spacial score (nSPS) is 7.00. The summed E-state index contributed by atoms with van der Waals surface area (Å²) < 4.78 is 0. The monoisotopic (exact) mass is 114 g/mol. The molecule has 0 aliphatic rings. The molecular weight excluding hydrogens is 100 g/mol. The van der Waals surface area contributed by atoms with Gasteiger partial charge in [0, 0.05) is 0 Å². The van der Waals surface area contributed by atoms with E-state index in [2.05, 4.69) is 12.8 Å². The molecule has 0 aliphatic carbocycles. The molecule has 0 saturated heterocycles. The fraction of sp³-hybridized carbons (Fsp3) is 0.667. The predicted molar refractivity (Wildman–Crippen MR) is 37.2 cm³/mol. The number of terminal acetylenes is 1. The molecule has 2 heteroatoms. The maximum absolute atomic E-state index is 5.16. The van der Waals surface area contributed by atoms with Crippen molar-refractivity contribution in [3.63, 3.8) is 0 Å². The molecule has 0 fully saturated rings. The van der Waals surface area contributed by atoms with Gasteiger partial charge in [-0.05, 0) is 25.9 Å². The van der Waals surface area contributed by atoms with Gasteiger partial charge in [0.1, 0.15) is 0 Å². The standard InChI is InChI=1S/C4H12N2.C2H2/c5-3-1-2-4-6;1-2/h1-6H2;1-2H. The van der Waals surface area contributed by atoms with Gasteiger partial charge in [0.25, 0.3) is 0 Å². The lowest BCUT2D eigenvalue weighted by molar-refractivity contribution is 0.755. The summed E-state index contributed by atoms with van der Waals surface area (Å²) >= 11 is 0. The van der Waals surface area contributed by atoms with Crippen molar-refractivity contribution in [2.75, 3.05) is 13.1 Å². The van der Waals surface area contributed by atoms with Crippen molar-refractivity contribution < 1.29 is 0 Å². The summed E-state index contributed by atoms with van der Waals surface area (Å²) in [5.74, 6) is 0. The molecule has 0 heterocycles. The average Bonchev–Trinajstić information content (AvgIpc) is 1.88. The summed E-state index contributed by atoms with van der Waals surface area (Å²) in [7, 11) is 0. The molecule has 0 aromatic heterocycles. The van der Waals surface area contributed by atoms with E-state index in [1.807, 2.05) is 0 Å². The zero-order chi connectivity index (χ0) is 6.83. The maximum Gasteiger partial charge on any atom is -0.00768 e. The Bertz CT molecular complexity index is 37.0. The first kappa shape index (κ1) is 10.5. The van der Waals surface area contributed by atoms with E-state index < -0.39 is 0 Å². The van der Waals surface area contributed by atoms with Crippen LogP contribution in [0.5, 0.6) is 0 Å². The second-order valence-corrected chi connectivity index (χ2v) is 1.28. The third kappa shape index (κ3) is 17.9. The Labute approximate surface area is 51.2 Å². The van der Waals surface area contributed by atoms with E-state index in [0.29, 0.717) is 0 Å². The van der Waals surface area contributed by atoms with Crippen LogP contribution in [0.2, 0.25) is 0 Å². The Hall–Kier alpha value is -0.520. The van der Waals surface area contributed by atoms with E-state index >= 15 is 0 Å². The molecule has 0 aromatic carbocycles. The SMILES string of the molecule is C#C.NCCCCN. The van der Waals surface area contributed by atoms with Crippen LogP contribution in [-0.4, -0.2) is 13.1 Å². The average molecular weight is 114 g/mol. The van der Waals surface area contributed by atoms with Gasteiger partial charge in [-0.25, -0.2) is 0 Å². The smallest absolute Gasteiger partial charge is 0.00768 e. The van der Waals surface area contributed by atoms with Crippen LogP contribution in [0.25, 0.3) is 0 Å². The van der Waals surface area contributed by atoms with E-state index in [0.717, 1.165) is 25.9 Å². The molecule has 0 radical (unpaired) electrons. The van der Waals surface area contributed by atoms with Crippen LogP contribution in [0.4, 0.5) is 0 Å². The van der Waals surface area contributed by atoms with Gasteiger partial charge in [-0.3, -0.25) is 0 Å². The molecule has 2 nitrogen and oxygen atoms in total. The number of hydrogen-bond acceptors (Lipinski definition) is 2. The number of hydrogen-bond donors (Lipinski definition) is 2. The molecule has 0 amide bonds. The van der Waals surface area contributed by atoms with Gasteiger partial charge >= 0.3 is 0 Å². The first-order chi connectivity index (χ1) is 3.91. The molecule has 0 bridgehead atoms. The summed E-state index contributed by atoms with van der Waals surface area (Å²) in [4.78, 5) is 0. The van der Waals surface area contributed by atoms with Crippen molar-refractivity contribution in [2.24, 2.45) is 11.5 Å². The summed E-state index contributed by atoms with van der Waals surface area (Å²) in [5, 5.41) is 0. The Morgan fingerprint density at radius 3 is 1.25 bits per heavy atom. The topological polar surface area (TPSA) is 52.0 Å². The van der Waals surface area contributed by atoms with Crippen molar-refractivity contribution in [3.8, 4) is 12.8 Å². The lowest BCUT2D eigenvalue weighted by atomic mass is 10.3. The van der Waals surface area contributed by atoms with Crippen LogP contribution in [-0.2, 0) is 0 Å². The van der Waals surface area contributed by atoms with Gasteiger partial charge in [0.2, 0.25) is 0 Å². The van der Waals surface area contributed by atoms with Crippen molar-refractivity contribution >= 4 is 0 Å². The van der Waals surface area contributed by atoms with Crippen LogP contribution in [0.15, 0.2) is 0 Å². The summed E-state index contributed by atoms with van der Waals surface area (Å²) in [6.45, 7) is 1.55. The molecule has 0 saturated carbocycles. The van der Waals surface area contributed by atoms with Gasteiger partial charge in [0.15, 0.2) is 0 Å². The highest BCUT2D eigenvalue weighted by atomic mass is 14.5. The minimum atomic E-state index is 0.775. The minimum absolute atomic E-state index is 0.775. The fourth-order valence-electron chi connectivity index (χ4n) is 0.289. The van der Waals surface area contributed by atoms with Gasteiger partial charge in [0.05, 0.1) is 0 Å². The zero-order valence-corrected chi connectivity index (χ0v) is 5.14. The Morgan fingerprint density at radius 2 is 1.12 bits per heavy atom. The van der Waals surface area contributed by atoms with Crippen molar-refractivity contribution in [3.05, 3.63) is 0 Å². The Morgan fingerprint density at radius 1 is 0.875 bits per heavy atom. The molecule has 0 aromatic rings. The largest absolute Gasteiger partial charge is 0.330 e. The van der Waals surface area contributed by atoms with E-state index in [4.69, 9.17) is 11.5 Å². The van der Waals surface area contributed by atoms with Crippen LogP contribution in [0.1, 0.15) is 12.8 Å². The molecule has 0 aliphatic heterocycles. The molecular formula is C6H14N2. The van der Waals surface area contributed by atoms with Crippen LogP contribution >= 0.6 is 0 Å². The summed E-state index contributed by atoms with van der Waals surface area (Å²) in [6.07, 6.45) is 10.1. The lowest BCUT2D eigenvalue weighted by Gasteiger charge is -1.87. The molecule has 0 spiro atoms. The quantitative estimate of drug-likeness (QED) is 0.398. The molecule has 48 valence electrons. The number of nitrogens with two attached hydrogens (primary N) is 2. The second-order valence-electron chi connectivity index (χ2n) is 1.28. The molecule has 8 heavy (non-hydrogen) atoms. The van der Waals surface area contributed by atoms with E-state index in [1.165, 1.54) is 0 Å². The van der Waals surface area contributed by atoms with Crippen molar-refractivity contribution in [2.45, 2.75) is 12.8 Å². The number of unbranched alkanes of at least 4 members (excludes halogenated alkanes) is 1. The molecule has 0 atom stereocenters. The molecule has 4 N–H and O–H groups in total. The van der Waals surface area contributed by atoms with Crippen molar-refractivity contribution in [1.82, 2.24) is 0 Å². The molecule has 0 rings (SSSR count). The zero-order valence-electron chi connectivity index (χ0n) is 5.14. The third-order valence-electron chi connectivity index (χ3n) is 0.658. The van der Waals surface area contributed by atoms with Crippen molar-refractivity contribution in [1.29, 1.82) is 0 Å². The highest BCUT2D eigenvalue weighted by Gasteiger charge is 1.75. The van der Waals surface area contributed by atoms with E-state index in [1.54, 1.807) is 0 Å². The minimum Gasteiger partial charge on any atom is -0.330 e. The Balaban J connectivity index is 0. The Kier molecular flexibility index (Phi) is 21.0. The molecule has 0 unspecified atom stereocenters. The summed E-state index contributed by atoms with van der Waals surface area (Å²) in [5.41, 5.74) is 10.3. The van der Waals surface area contributed by atoms with E-state index in [9.17, 15) is 0 Å². The predicted octanol–water partition coefficient (Wildman–Crippen LogP) is -0.0666. The highest BCUT2D eigenvalue weighted by molar-refractivity contribution is 4.47. The van der Waals surface area contributed by atoms with Crippen LogP contribution < -0.4 is 11.5 Å². The van der Waals surface area contributed by atoms with Gasteiger partial charge in [-0.2, -0.15) is 0 Å². The van der Waals surface area contributed by atoms with Gasteiger partial charge < -0.3 is 11.5 Å². The maximum atomic E-state index is 5.16. The van der Waals surface area contributed by atoms with Gasteiger partial charge in [-0.1, -0.05) is 0 Å². The van der Waals surface area contributed by atoms with Crippen LogP contribution in [0.3, 0.4) is 0 Å². The first-order valence-electron chi connectivity index (χ1n) is 2.65. The number of rotatable bonds is 3. The summed E-state index contributed by atoms with van der Waals surface area (Å²) in [6, 6.07) is 0. The van der Waals surface area contributed by atoms with Crippen LogP contribution in [0, 0.1) is 12.8 Å². The highest BCUT2D eigenvalue weighted by Crippen LogP contribution is 1.77. The third-order valence-corrected chi connectivity index (χ3v) is 0.658. The second kappa shape index (κ2) is 16.1. The van der Waals surface area contributed by atoms with E-state index in [-0.39, 0.29) is 0 Å². The lowest BCUT2D eigenvalue weighted by Crippen LogP contribution is -2.03.